The molecule has 2 N–H and O–H groups in total. The van der Waals surface area contributed by atoms with Gasteiger partial charge in [-0.25, -0.2) is 0 Å². The molecule has 15 heavy (non-hydrogen) atoms. The van der Waals surface area contributed by atoms with Crippen LogP contribution in [0.25, 0.3) is 0 Å². The van der Waals surface area contributed by atoms with Crippen LogP contribution in [-0.2, 0) is 0 Å². The zero-order chi connectivity index (χ0) is 11.1. The third-order valence-corrected chi connectivity index (χ3v) is 2.09. The largest absolute Gasteiger partial charge is 0.362 e. The maximum absolute atomic E-state index is 4.99. The molecule has 0 radical (unpaired) electrons. The minimum atomic E-state index is 0.549. The maximum Gasteiger partial charge on any atom is 0.186 e. The SMILES string of the molecule is CCNC(=S)N/N=C(\C)c1ccccc1. The molecule has 0 heterocycles. The summed E-state index contributed by atoms with van der Waals surface area (Å²) in [5.74, 6) is 0. The number of thiocarbonyl (C=S) groups is 1. The summed E-state index contributed by atoms with van der Waals surface area (Å²) in [6.07, 6.45) is 0. The fraction of sp³-hybridized carbons (Fsp3) is 0.273. The maximum atomic E-state index is 4.99. The Morgan fingerprint density at radius 2 is 2.00 bits per heavy atom. The Hall–Kier alpha value is -1.42. The van der Waals surface area contributed by atoms with Crippen LogP contribution in [0.5, 0.6) is 0 Å². The standard InChI is InChI=1S/C11H15N3S/c1-3-12-11(15)14-13-9(2)10-7-5-4-6-8-10/h4-8H,3H2,1-2H3,(H2,12,14,15)/b13-9+. The number of nitrogens with one attached hydrogen (secondary N) is 2. The molecule has 0 amide bonds. The summed E-state index contributed by atoms with van der Waals surface area (Å²) in [5.41, 5.74) is 4.79. The van der Waals surface area contributed by atoms with Crippen LogP contribution in [-0.4, -0.2) is 17.4 Å². The van der Waals surface area contributed by atoms with E-state index in [0.717, 1.165) is 17.8 Å². The Bertz CT molecular complexity index is 346. The van der Waals surface area contributed by atoms with Crippen LogP contribution >= 0.6 is 12.2 Å². The van der Waals surface area contributed by atoms with Gasteiger partial charge in [0.25, 0.3) is 0 Å². The van der Waals surface area contributed by atoms with Gasteiger partial charge in [-0.2, -0.15) is 5.10 Å². The van der Waals surface area contributed by atoms with Crippen LogP contribution in [0, 0.1) is 0 Å². The highest BCUT2D eigenvalue weighted by molar-refractivity contribution is 7.80. The van der Waals surface area contributed by atoms with E-state index in [0.29, 0.717) is 5.11 Å². The van der Waals surface area contributed by atoms with Crippen molar-refractivity contribution in [3.63, 3.8) is 0 Å². The van der Waals surface area contributed by atoms with E-state index in [9.17, 15) is 0 Å². The molecule has 0 aromatic heterocycles. The molecule has 0 spiro atoms. The summed E-state index contributed by atoms with van der Waals surface area (Å²) in [6.45, 7) is 4.73. The summed E-state index contributed by atoms with van der Waals surface area (Å²) in [7, 11) is 0. The van der Waals surface area contributed by atoms with Crippen LogP contribution in [0.4, 0.5) is 0 Å². The van der Waals surface area contributed by atoms with Gasteiger partial charge in [-0.3, -0.25) is 5.43 Å². The van der Waals surface area contributed by atoms with E-state index in [-0.39, 0.29) is 0 Å². The second-order valence-corrected chi connectivity index (χ2v) is 3.44. The first-order valence-electron chi connectivity index (χ1n) is 4.87. The second kappa shape index (κ2) is 6.14. The van der Waals surface area contributed by atoms with E-state index in [1.165, 1.54) is 0 Å². The van der Waals surface area contributed by atoms with Gasteiger partial charge in [0.2, 0.25) is 0 Å². The van der Waals surface area contributed by atoms with E-state index in [4.69, 9.17) is 12.2 Å². The first-order valence-corrected chi connectivity index (χ1v) is 5.28. The van der Waals surface area contributed by atoms with Gasteiger partial charge in [-0.1, -0.05) is 30.3 Å². The van der Waals surface area contributed by atoms with Crippen molar-refractivity contribution in [2.24, 2.45) is 5.10 Å². The molecule has 4 heteroatoms. The molecule has 0 atom stereocenters. The van der Waals surface area contributed by atoms with Crippen LogP contribution in [0.3, 0.4) is 0 Å². The lowest BCUT2D eigenvalue weighted by Gasteiger charge is -2.05. The molecule has 1 aromatic rings. The fourth-order valence-electron chi connectivity index (χ4n) is 1.08. The third kappa shape index (κ3) is 4.08. The number of benzene rings is 1. The number of hydrogen-bond acceptors (Lipinski definition) is 2. The normalized spacial score (nSPS) is 10.9. The summed E-state index contributed by atoms with van der Waals surface area (Å²) in [6, 6.07) is 9.97. The van der Waals surface area contributed by atoms with Gasteiger partial charge in [-0.15, -0.1) is 0 Å². The molecule has 3 nitrogen and oxygen atoms in total. The first-order chi connectivity index (χ1) is 7.24. The van der Waals surface area contributed by atoms with Crippen LogP contribution in [0.15, 0.2) is 35.4 Å². The average Bonchev–Trinajstić information content (AvgIpc) is 2.27. The molecule has 0 saturated heterocycles. The molecule has 0 aliphatic carbocycles. The molecule has 0 unspecified atom stereocenters. The topological polar surface area (TPSA) is 36.4 Å². The molecular weight excluding hydrogens is 206 g/mol. The molecule has 1 rings (SSSR count). The molecule has 0 fully saturated rings. The van der Waals surface area contributed by atoms with Crippen molar-refractivity contribution in [2.75, 3.05) is 6.54 Å². The predicted octanol–water partition coefficient (Wildman–Crippen LogP) is 1.89. The number of nitrogens with zero attached hydrogens (tertiary/aromatic N) is 1. The molecule has 0 bridgehead atoms. The number of rotatable bonds is 3. The Labute approximate surface area is 95.6 Å². The lowest BCUT2D eigenvalue weighted by Crippen LogP contribution is -2.32. The van der Waals surface area contributed by atoms with Gasteiger partial charge in [0.05, 0.1) is 5.71 Å². The first kappa shape index (κ1) is 11.7. The molecular formula is C11H15N3S. The Morgan fingerprint density at radius 3 is 2.60 bits per heavy atom. The smallest absolute Gasteiger partial charge is 0.186 e. The Balaban J connectivity index is 2.57. The summed E-state index contributed by atoms with van der Waals surface area (Å²) in [4.78, 5) is 0. The van der Waals surface area contributed by atoms with Gasteiger partial charge in [0.15, 0.2) is 5.11 Å². The highest BCUT2D eigenvalue weighted by atomic mass is 32.1. The number of hydrazone groups is 1. The monoisotopic (exact) mass is 221 g/mol. The minimum Gasteiger partial charge on any atom is -0.362 e. The Kier molecular flexibility index (Phi) is 4.77. The van der Waals surface area contributed by atoms with Crippen molar-refractivity contribution in [1.82, 2.24) is 10.7 Å². The second-order valence-electron chi connectivity index (χ2n) is 3.03. The van der Waals surface area contributed by atoms with E-state index in [1.54, 1.807) is 0 Å². The zero-order valence-electron chi connectivity index (χ0n) is 8.95. The lowest BCUT2D eigenvalue weighted by molar-refractivity contribution is 0.901. The van der Waals surface area contributed by atoms with Crippen LogP contribution < -0.4 is 10.7 Å². The third-order valence-electron chi connectivity index (χ3n) is 1.85. The zero-order valence-corrected chi connectivity index (χ0v) is 9.77. The van der Waals surface area contributed by atoms with E-state index >= 15 is 0 Å². The minimum absolute atomic E-state index is 0.549. The fourth-order valence-corrected chi connectivity index (χ4v) is 1.27. The van der Waals surface area contributed by atoms with E-state index in [1.807, 2.05) is 44.2 Å². The van der Waals surface area contributed by atoms with Crippen molar-refractivity contribution >= 4 is 23.0 Å². The van der Waals surface area contributed by atoms with Crippen molar-refractivity contribution in [3.8, 4) is 0 Å². The van der Waals surface area contributed by atoms with Crippen molar-refractivity contribution in [3.05, 3.63) is 35.9 Å². The van der Waals surface area contributed by atoms with Gasteiger partial charge in [-0.05, 0) is 31.6 Å². The van der Waals surface area contributed by atoms with Crippen molar-refractivity contribution < 1.29 is 0 Å². The van der Waals surface area contributed by atoms with Gasteiger partial charge >= 0.3 is 0 Å². The predicted molar refractivity (Wildman–Crippen MR) is 68.1 cm³/mol. The average molecular weight is 221 g/mol. The lowest BCUT2D eigenvalue weighted by atomic mass is 10.1. The highest BCUT2D eigenvalue weighted by Gasteiger charge is 1.95. The summed E-state index contributed by atoms with van der Waals surface area (Å²) in [5, 5.41) is 7.69. The summed E-state index contributed by atoms with van der Waals surface area (Å²) >= 11 is 4.99. The Morgan fingerprint density at radius 1 is 1.33 bits per heavy atom. The molecule has 0 aliphatic rings. The highest BCUT2D eigenvalue weighted by Crippen LogP contribution is 1.99. The van der Waals surface area contributed by atoms with Gasteiger partial charge < -0.3 is 5.32 Å². The van der Waals surface area contributed by atoms with Crippen molar-refractivity contribution in [2.45, 2.75) is 13.8 Å². The number of hydrogen-bond donors (Lipinski definition) is 2. The van der Waals surface area contributed by atoms with E-state index < -0.39 is 0 Å². The van der Waals surface area contributed by atoms with Crippen LogP contribution in [0.2, 0.25) is 0 Å². The van der Waals surface area contributed by atoms with Crippen LogP contribution in [0.1, 0.15) is 19.4 Å². The van der Waals surface area contributed by atoms with Crippen molar-refractivity contribution in [1.29, 1.82) is 0 Å². The molecule has 0 aliphatic heterocycles. The molecule has 0 saturated carbocycles. The quantitative estimate of drug-likeness (QED) is 0.465. The summed E-state index contributed by atoms with van der Waals surface area (Å²) < 4.78 is 0. The van der Waals surface area contributed by atoms with Gasteiger partial charge in [0.1, 0.15) is 0 Å². The van der Waals surface area contributed by atoms with Gasteiger partial charge in [0, 0.05) is 6.54 Å². The molecule has 1 aromatic carbocycles. The molecule has 80 valence electrons. The van der Waals surface area contributed by atoms with E-state index in [2.05, 4.69) is 15.8 Å².